The van der Waals surface area contributed by atoms with Gasteiger partial charge in [-0.05, 0) is 68.4 Å². The molecule has 6 heteroatoms. The minimum absolute atomic E-state index is 0.0461. The quantitative estimate of drug-likeness (QED) is 0.580. The van der Waals surface area contributed by atoms with Gasteiger partial charge in [0.2, 0.25) is 0 Å². The fraction of sp³-hybridized carbons (Fsp3) is 0.320. The predicted molar refractivity (Wildman–Crippen MR) is 122 cm³/mol. The Morgan fingerprint density at radius 2 is 1.55 bits per heavy atom. The molecule has 160 valence electrons. The minimum Gasteiger partial charge on any atom is -0.457 e. The van der Waals surface area contributed by atoms with Gasteiger partial charge in [0.05, 0.1) is 5.54 Å². The van der Waals surface area contributed by atoms with Crippen molar-refractivity contribution in [2.75, 3.05) is 26.7 Å². The summed E-state index contributed by atoms with van der Waals surface area (Å²) in [5, 5.41) is 0.804. The summed E-state index contributed by atoms with van der Waals surface area (Å²) in [6.07, 6.45) is 1.82. The van der Waals surface area contributed by atoms with Crippen molar-refractivity contribution in [1.82, 2.24) is 14.4 Å². The first-order valence-electron chi connectivity index (χ1n) is 10.8. The summed E-state index contributed by atoms with van der Waals surface area (Å²) in [5.41, 5.74) is 1.93. The van der Waals surface area contributed by atoms with E-state index in [4.69, 9.17) is 16.3 Å². The van der Waals surface area contributed by atoms with Crippen molar-refractivity contribution in [1.29, 1.82) is 0 Å². The Hall–Kier alpha value is -2.76. The van der Waals surface area contributed by atoms with Crippen molar-refractivity contribution in [2.24, 2.45) is 0 Å². The van der Waals surface area contributed by atoms with Crippen LogP contribution in [0.3, 0.4) is 0 Å². The molecule has 2 aliphatic heterocycles. The second-order valence-electron chi connectivity index (χ2n) is 8.38. The number of carbonyl (C=O) groups is 1. The summed E-state index contributed by atoms with van der Waals surface area (Å²) >= 11 is 6.40. The number of hydrogen-bond acceptors (Lipinski definition) is 3. The Bertz CT molecular complexity index is 1070. The first-order chi connectivity index (χ1) is 15.1. The highest BCUT2D eigenvalue weighted by Gasteiger charge is 2.44. The number of benzene rings is 2. The normalized spacial score (nSPS) is 18.1. The highest BCUT2D eigenvalue weighted by molar-refractivity contribution is 6.29. The first kappa shape index (κ1) is 20.2. The van der Waals surface area contributed by atoms with Gasteiger partial charge >= 0.3 is 0 Å². The van der Waals surface area contributed by atoms with E-state index in [0.29, 0.717) is 5.56 Å². The van der Waals surface area contributed by atoms with Crippen LogP contribution in [0.1, 0.15) is 28.9 Å². The average molecular weight is 436 g/mol. The van der Waals surface area contributed by atoms with Gasteiger partial charge in [0.15, 0.2) is 0 Å². The monoisotopic (exact) mass is 435 g/mol. The maximum absolute atomic E-state index is 13.1. The summed E-state index contributed by atoms with van der Waals surface area (Å²) in [5.74, 6) is 1.58. The third-order valence-corrected chi connectivity index (χ3v) is 7.08. The van der Waals surface area contributed by atoms with Crippen molar-refractivity contribution in [3.05, 3.63) is 83.1 Å². The molecule has 0 radical (unpaired) electrons. The van der Waals surface area contributed by atoms with Crippen LogP contribution in [0, 0.1) is 0 Å². The van der Waals surface area contributed by atoms with E-state index < -0.39 is 0 Å². The SMILES string of the molecule is CN1CCn2c(Cl)ccc2C12CCN(C(=O)c1ccc(Oc3ccccc3)cc1)CC2. The Morgan fingerprint density at radius 3 is 2.26 bits per heavy atom. The smallest absolute Gasteiger partial charge is 0.253 e. The number of fused-ring (bicyclic) bond motifs is 2. The fourth-order valence-corrected chi connectivity index (χ4v) is 5.16. The second-order valence-corrected chi connectivity index (χ2v) is 8.77. The Kier molecular flexibility index (Phi) is 5.24. The predicted octanol–water partition coefficient (Wildman–Crippen LogP) is 5.01. The van der Waals surface area contributed by atoms with Crippen LogP contribution in [-0.4, -0.2) is 47.0 Å². The summed E-state index contributed by atoms with van der Waals surface area (Å²) in [4.78, 5) is 17.5. The lowest BCUT2D eigenvalue weighted by atomic mass is 9.81. The van der Waals surface area contributed by atoms with Crippen molar-refractivity contribution in [3.8, 4) is 11.5 Å². The summed E-state index contributed by atoms with van der Waals surface area (Å²) in [6, 6.07) is 21.2. The van der Waals surface area contributed by atoms with E-state index in [1.165, 1.54) is 5.69 Å². The number of nitrogens with zero attached hydrogens (tertiary/aromatic N) is 3. The van der Waals surface area contributed by atoms with Gasteiger partial charge in [-0.15, -0.1) is 0 Å². The molecule has 0 N–H and O–H groups in total. The molecule has 2 aromatic carbocycles. The number of aromatic nitrogens is 1. The summed E-state index contributed by atoms with van der Waals surface area (Å²) in [6.45, 7) is 3.35. The highest BCUT2D eigenvalue weighted by atomic mass is 35.5. The molecule has 0 aliphatic carbocycles. The molecule has 5 nitrogen and oxygen atoms in total. The van der Waals surface area contributed by atoms with Crippen molar-refractivity contribution in [2.45, 2.75) is 24.9 Å². The maximum Gasteiger partial charge on any atom is 0.253 e. The number of likely N-dealkylation sites (tertiary alicyclic amines) is 1. The zero-order valence-corrected chi connectivity index (χ0v) is 18.4. The lowest BCUT2D eigenvalue weighted by Crippen LogP contribution is -2.56. The van der Waals surface area contributed by atoms with Crippen LogP contribution < -0.4 is 4.74 Å². The fourth-order valence-electron chi connectivity index (χ4n) is 4.93. The molecule has 0 saturated carbocycles. The van der Waals surface area contributed by atoms with E-state index in [1.54, 1.807) is 0 Å². The molecule has 31 heavy (non-hydrogen) atoms. The van der Waals surface area contributed by atoms with E-state index in [9.17, 15) is 4.79 Å². The van der Waals surface area contributed by atoms with Gasteiger partial charge in [-0.3, -0.25) is 9.69 Å². The van der Waals surface area contributed by atoms with Gasteiger partial charge in [0, 0.05) is 37.4 Å². The molecule has 1 saturated heterocycles. The van der Waals surface area contributed by atoms with Crippen molar-refractivity contribution >= 4 is 17.5 Å². The maximum atomic E-state index is 13.1. The Balaban J connectivity index is 1.27. The first-order valence-corrected chi connectivity index (χ1v) is 11.1. The van der Waals surface area contributed by atoms with E-state index >= 15 is 0 Å². The van der Waals surface area contributed by atoms with E-state index in [1.807, 2.05) is 65.6 Å². The molecule has 3 aromatic rings. The molecular formula is C25H26ClN3O2. The minimum atomic E-state index is -0.0461. The van der Waals surface area contributed by atoms with Gasteiger partial charge in [-0.25, -0.2) is 0 Å². The molecule has 1 aromatic heterocycles. The zero-order chi connectivity index (χ0) is 21.4. The number of carbonyl (C=O) groups excluding carboxylic acids is 1. The molecule has 1 spiro atoms. The van der Waals surface area contributed by atoms with Gasteiger partial charge in [-0.1, -0.05) is 29.8 Å². The topological polar surface area (TPSA) is 37.7 Å². The highest BCUT2D eigenvalue weighted by Crippen LogP contribution is 2.42. The molecule has 0 atom stereocenters. The number of para-hydroxylation sites is 1. The molecule has 2 aliphatic rings. The van der Waals surface area contributed by atoms with Crippen LogP contribution in [0.5, 0.6) is 11.5 Å². The van der Waals surface area contributed by atoms with Crippen molar-refractivity contribution < 1.29 is 9.53 Å². The Labute approximate surface area is 187 Å². The third kappa shape index (κ3) is 3.62. The van der Waals surface area contributed by atoms with Gasteiger partial charge < -0.3 is 14.2 Å². The molecule has 0 unspecified atom stereocenters. The summed E-state index contributed by atoms with van der Waals surface area (Å²) < 4.78 is 8.06. The number of likely N-dealkylation sites (N-methyl/N-ethyl adjacent to an activating group) is 1. The van der Waals surface area contributed by atoms with E-state index in [-0.39, 0.29) is 11.4 Å². The number of ether oxygens (including phenoxy) is 1. The molecule has 1 fully saturated rings. The van der Waals surface area contributed by atoms with Crippen molar-refractivity contribution in [3.63, 3.8) is 0 Å². The van der Waals surface area contributed by atoms with Crippen LogP contribution in [0.2, 0.25) is 5.15 Å². The van der Waals surface area contributed by atoms with Crippen LogP contribution in [0.25, 0.3) is 0 Å². The number of hydrogen-bond donors (Lipinski definition) is 0. The molecule has 1 amide bonds. The largest absolute Gasteiger partial charge is 0.457 e. The van der Waals surface area contributed by atoms with Crippen LogP contribution in [0.15, 0.2) is 66.7 Å². The number of rotatable bonds is 3. The number of piperidine rings is 1. The number of halogens is 1. The van der Waals surface area contributed by atoms with Gasteiger partial charge in [-0.2, -0.15) is 0 Å². The third-order valence-electron chi connectivity index (χ3n) is 6.75. The van der Waals surface area contributed by atoms with E-state index in [2.05, 4.69) is 22.6 Å². The van der Waals surface area contributed by atoms with Gasteiger partial charge in [0.1, 0.15) is 16.7 Å². The Morgan fingerprint density at radius 1 is 0.871 bits per heavy atom. The molecule has 5 rings (SSSR count). The van der Waals surface area contributed by atoms with Crippen LogP contribution in [-0.2, 0) is 12.1 Å². The van der Waals surface area contributed by atoms with Crippen LogP contribution in [0.4, 0.5) is 0 Å². The summed E-state index contributed by atoms with van der Waals surface area (Å²) in [7, 11) is 2.19. The molecular weight excluding hydrogens is 410 g/mol. The van der Waals surface area contributed by atoms with E-state index in [0.717, 1.165) is 55.7 Å². The second kappa shape index (κ2) is 8.06. The van der Waals surface area contributed by atoms with Crippen LogP contribution >= 0.6 is 11.6 Å². The standard InChI is InChI=1S/C25H26ClN3O2/c1-27-17-18-29-22(11-12-23(29)26)25(27)13-15-28(16-14-25)24(30)19-7-9-21(10-8-19)31-20-5-3-2-4-6-20/h2-12H,13-18H2,1H3. The number of amides is 1. The molecule has 3 heterocycles. The lowest BCUT2D eigenvalue weighted by molar-refractivity contribution is 0.0132. The lowest BCUT2D eigenvalue weighted by Gasteiger charge is -2.50. The molecule has 0 bridgehead atoms. The zero-order valence-electron chi connectivity index (χ0n) is 17.6. The van der Waals surface area contributed by atoms with Gasteiger partial charge in [0.25, 0.3) is 5.91 Å². The average Bonchev–Trinajstić information content (AvgIpc) is 3.19.